The lowest BCUT2D eigenvalue weighted by Crippen LogP contribution is -2.52. The van der Waals surface area contributed by atoms with Crippen molar-refractivity contribution in [2.24, 2.45) is 0 Å². The molecule has 2 N–H and O–H groups in total. The standard InChI is InChI=1S/C16H24N2O3S/c1-4-13-5-7-14(8-6-13)17-15(19)12(2)18-16(3)9-10-22(20,21)11-16/h5-8,12,18H,4,9-11H2,1-3H3,(H,17,19)/t12-,16+/m0/s1. The van der Waals surface area contributed by atoms with Crippen LogP contribution in [0.15, 0.2) is 24.3 Å². The van der Waals surface area contributed by atoms with Gasteiger partial charge < -0.3 is 5.32 Å². The first-order valence-corrected chi connectivity index (χ1v) is 9.43. The second kappa shape index (κ2) is 6.38. The molecule has 1 aliphatic heterocycles. The molecular formula is C16H24N2O3S. The maximum absolute atomic E-state index is 12.2. The molecule has 6 heteroatoms. The summed E-state index contributed by atoms with van der Waals surface area (Å²) in [6, 6.07) is 7.28. The Bertz CT molecular complexity index is 640. The van der Waals surface area contributed by atoms with E-state index < -0.39 is 21.4 Å². The third-order valence-corrected chi connectivity index (χ3v) is 5.99. The maximum Gasteiger partial charge on any atom is 0.241 e. The monoisotopic (exact) mass is 324 g/mol. The molecule has 1 saturated heterocycles. The highest BCUT2D eigenvalue weighted by Crippen LogP contribution is 2.23. The summed E-state index contributed by atoms with van der Waals surface area (Å²) < 4.78 is 23.2. The van der Waals surface area contributed by atoms with Gasteiger partial charge in [0.1, 0.15) is 0 Å². The molecule has 2 rings (SSSR count). The van der Waals surface area contributed by atoms with Crippen LogP contribution in [-0.2, 0) is 21.1 Å². The van der Waals surface area contributed by atoms with E-state index in [1.807, 2.05) is 31.2 Å². The molecule has 0 bridgehead atoms. The number of carbonyl (C=O) groups is 1. The van der Waals surface area contributed by atoms with Crippen LogP contribution in [-0.4, -0.2) is 37.4 Å². The molecule has 0 spiro atoms. The lowest BCUT2D eigenvalue weighted by molar-refractivity contribution is -0.118. The Kier molecular flexibility index (Phi) is 4.92. The largest absolute Gasteiger partial charge is 0.325 e. The number of benzene rings is 1. The molecule has 0 aromatic heterocycles. The molecule has 5 nitrogen and oxygen atoms in total. The number of aryl methyl sites for hydroxylation is 1. The van der Waals surface area contributed by atoms with Crippen molar-refractivity contribution < 1.29 is 13.2 Å². The Labute approximate surface area is 132 Å². The molecule has 1 fully saturated rings. The molecule has 1 heterocycles. The highest BCUT2D eigenvalue weighted by molar-refractivity contribution is 7.91. The predicted molar refractivity (Wildman–Crippen MR) is 88.7 cm³/mol. The Balaban J connectivity index is 1.94. The van der Waals surface area contributed by atoms with Crippen LogP contribution in [0.3, 0.4) is 0 Å². The molecule has 22 heavy (non-hydrogen) atoms. The van der Waals surface area contributed by atoms with Gasteiger partial charge in [0.15, 0.2) is 9.84 Å². The van der Waals surface area contributed by atoms with Crippen LogP contribution in [0, 0.1) is 0 Å². The first-order valence-electron chi connectivity index (χ1n) is 7.61. The third-order valence-electron chi connectivity index (χ3n) is 4.09. The van der Waals surface area contributed by atoms with Crippen molar-refractivity contribution in [1.82, 2.24) is 5.32 Å². The van der Waals surface area contributed by atoms with Crippen LogP contribution in [0.2, 0.25) is 0 Å². The third kappa shape index (κ3) is 4.30. The number of rotatable bonds is 5. The maximum atomic E-state index is 12.2. The highest BCUT2D eigenvalue weighted by Gasteiger charge is 2.39. The van der Waals surface area contributed by atoms with Crippen molar-refractivity contribution >= 4 is 21.4 Å². The predicted octanol–water partition coefficient (Wildman–Crippen LogP) is 1.74. The smallest absolute Gasteiger partial charge is 0.241 e. The van der Waals surface area contributed by atoms with E-state index in [1.54, 1.807) is 6.92 Å². The van der Waals surface area contributed by atoms with E-state index in [2.05, 4.69) is 17.6 Å². The zero-order chi connectivity index (χ0) is 16.4. The zero-order valence-electron chi connectivity index (χ0n) is 13.3. The van der Waals surface area contributed by atoms with Gasteiger partial charge in [-0.2, -0.15) is 0 Å². The fourth-order valence-electron chi connectivity index (χ4n) is 2.79. The summed E-state index contributed by atoms with van der Waals surface area (Å²) in [6.45, 7) is 5.69. The van der Waals surface area contributed by atoms with Gasteiger partial charge in [0.25, 0.3) is 0 Å². The molecule has 0 radical (unpaired) electrons. The van der Waals surface area contributed by atoms with Crippen LogP contribution in [0.4, 0.5) is 5.69 Å². The van der Waals surface area contributed by atoms with Crippen molar-refractivity contribution in [3.63, 3.8) is 0 Å². The van der Waals surface area contributed by atoms with Crippen LogP contribution in [0.25, 0.3) is 0 Å². The van der Waals surface area contributed by atoms with Crippen molar-refractivity contribution in [2.75, 3.05) is 16.8 Å². The molecule has 1 aromatic rings. The number of sulfone groups is 1. The number of amides is 1. The van der Waals surface area contributed by atoms with Crippen LogP contribution in [0.5, 0.6) is 0 Å². The minimum Gasteiger partial charge on any atom is -0.325 e. The molecular weight excluding hydrogens is 300 g/mol. The minimum absolute atomic E-state index is 0.0861. The molecule has 122 valence electrons. The molecule has 0 aliphatic carbocycles. The Morgan fingerprint density at radius 1 is 1.32 bits per heavy atom. The van der Waals surface area contributed by atoms with E-state index in [0.717, 1.165) is 12.1 Å². The fraction of sp³-hybridized carbons (Fsp3) is 0.562. The Hall–Kier alpha value is -1.40. The quantitative estimate of drug-likeness (QED) is 0.865. The van der Waals surface area contributed by atoms with Crippen LogP contribution < -0.4 is 10.6 Å². The summed E-state index contributed by atoms with van der Waals surface area (Å²) >= 11 is 0. The lowest BCUT2D eigenvalue weighted by Gasteiger charge is -2.28. The molecule has 1 aliphatic rings. The van der Waals surface area contributed by atoms with E-state index in [-0.39, 0.29) is 17.4 Å². The second-order valence-electron chi connectivity index (χ2n) is 6.31. The SMILES string of the molecule is CCc1ccc(NC(=O)[C@H](C)N[C@]2(C)CCS(=O)(=O)C2)cc1. The first kappa shape index (κ1) is 17.0. The number of hydrogen-bond donors (Lipinski definition) is 2. The fourth-order valence-corrected chi connectivity index (χ4v) is 4.89. The summed E-state index contributed by atoms with van der Waals surface area (Å²) in [5.41, 5.74) is 1.44. The minimum atomic E-state index is -2.99. The summed E-state index contributed by atoms with van der Waals surface area (Å²) in [5, 5.41) is 6.02. The van der Waals surface area contributed by atoms with Crippen molar-refractivity contribution in [3.8, 4) is 0 Å². The van der Waals surface area contributed by atoms with Crippen LogP contribution in [0.1, 0.15) is 32.8 Å². The number of anilines is 1. The number of nitrogens with one attached hydrogen (secondary N) is 2. The van der Waals surface area contributed by atoms with Gasteiger partial charge in [-0.1, -0.05) is 19.1 Å². The molecule has 1 amide bonds. The van der Waals surface area contributed by atoms with Gasteiger partial charge in [0, 0.05) is 11.2 Å². The number of hydrogen-bond acceptors (Lipinski definition) is 4. The van der Waals surface area contributed by atoms with Crippen molar-refractivity contribution in [3.05, 3.63) is 29.8 Å². The van der Waals surface area contributed by atoms with Gasteiger partial charge >= 0.3 is 0 Å². The molecule has 0 unspecified atom stereocenters. The van der Waals surface area contributed by atoms with Gasteiger partial charge in [-0.05, 0) is 44.4 Å². The van der Waals surface area contributed by atoms with E-state index in [4.69, 9.17) is 0 Å². The van der Waals surface area contributed by atoms with Gasteiger partial charge in [-0.15, -0.1) is 0 Å². The second-order valence-corrected chi connectivity index (χ2v) is 8.49. The summed E-state index contributed by atoms with van der Waals surface area (Å²) in [7, 11) is -2.99. The van der Waals surface area contributed by atoms with Gasteiger partial charge in [0.2, 0.25) is 5.91 Å². The van der Waals surface area contributed by atoms with Gasteiger partial charge in [-0.25, -0.2) is 8.42 Å². The summed E-state index contributed by atoms with van der Waals surface area (Å²) in [4.78, 5) is 12.2. The van der Waals surface area contributed by atoms with Gasteiger partial charge in [0.05, 0.1) is 17.5 Å². The van der Waals surface area contributed by atoms with E-state index in [0.29, 0.717) is 6.42 Å². The Morgan fingerprint density at radius 2 is 1.95 bits per heavy atom. The Morgan fingerprint density at radius 3 is 2.45 bits per heavy atom. The molecule has 0 saturated carbocycles. The van der Waals surface area contributed by atoms with E-state index in [9.17, 15) is 13.2 Å². The average molecular weight is 324 g/mol. The average Bonchev–Trinajstić information content (AvgIpc) is 2.73. The normalized spacial score (nSPS) is 24.9. The number of carbonyl (C=O) groups excluding carboxylic acids is 1. The van der Waals surface area contributed by atoms with Crippen molar-refractivity contribution in [2.45, 2.75) is 45.2 Å². The molecule has 1 aromatic carbocycles. The van der Waals surface area contributed by atoms with Crippen LogP contribution >= 0.6 is 0 Å². The molecule has 2 atom stereocenters. The van der Waals surface area contributed by atoms with Gasteiger partial charge in [-0.3, -0.25) is 10.1 Å². The summed E-state index contributed by atoms with van der Waals surface area (Å²) in [5.74, 6) is 0.112. The first-order chi connectivity index (χ1) is 10.2. The van der Waals surface area contributed by atoms with E-state index >= 15 is 0 Å². The summed E-state index contributed by atoms with van der Waals surface area (Å²) in [6.07, 6.45) is 1.50. The topological polar surface area (TPSA) is 75.3 Å². The van der Waals surface area contributed by atoms with E-state index in [1.165, 1.54) is 5.56 Å². The zero-order valence-corrected chi connectivity index (χ0v) is 14.2. The lowest BCUT2D eigenvalue weighted by atomic mass is 10.0. The van der Waals surface area contributed by atoms with Crippen molar-refractivity contribution in [1.29, 1.82) is 0 Å². The highest BCUT2D eigenvalue weighted by atomic mass is 32.2.